The molecule has 0 aliphatic carbocycles. The lowest BCUT2D eigenvalue weighted by molar-refractivity contribution is -0.384. The summed E-state index contributed by atoms with van der Waals surface area (Å²) in [4.78, 5) is 24.7. The summed E-state index contributed by atoms with van der Waals surface area (Å²) in [5.41, 5.74) is 0.801. The second kappa shape index (κ2) is 9.79. The molecule has 3 atom stereocenters. The molecule has 3 heterocycles. The quantitative estimate of drug-likeness (QED) is 0.430. The fourth-order valence-electron chi connectivity index (χ4n) is 4.45. The third-order valence-electron chi connectivity index (χ3n) is 6.22. The average molecular weight is 442 g/mol. The van der Waals surface area contributed by atoms with Crippen LogP contribution in [0.1, 0.15) is 32.6 Å². The summed E-state index contributed by atoms with van der Waals surface area (Å²) in [6, 6.07) is 8.42. The molecule has 2 saturated heterocycles. The van der Waals surface area contributed by atoms with E-state index in [4.69, 9.17) is 19.4 Å². The summed E-state index contributed by atoms with van der Waals surface area (Å²) >= 11 is 0. The molecule has 1 aromatic carbocycles. The first-order valence-corrected chi connectivity index (χ1v) is 11.2. The second-order valence-electron chi connectivity index (χ2n) is 8.60. The number of methoxy groups -OCH3 is 1. The van der Waals surface area contributed by atoms with E-state index in [1.807, 2.05) is 13.1 Å². The van der Waals surface area contributed by atoms with E-state index in [-0.39, 0.29) is 24.0 Å². The van der Waals surface area contributed by atoms with Crippen molar-refractivity contribution in [1.82, 2.24) is 9.97 Å². The van der Waals surface area contributed by atoms with E-state index < -0.39 is 4.92 Å². The number of hydrogen-bond donors (Lipinski definition) is 0. The molecule has 0 radical (unpaired) electrons. The predicted molar refractivity (Wildman–Crippen MR) is 123 cm³/mol. The Bertz CT molecular complexity index is 926. The van der Waals surface area contributed by atoms with Crippen molar-refractivity contribution < 1.29 is 14.4 Å². The number of ether oxygens (including phenoxy) is 2. The molecule has 2 bridgehead atoms. The van der Waals surface area contributed by atoms with Gasteiger partial charge in [0.1, 0.15) is 11.6 Å². The summed E-state index contributed by atoms with van der Waals surface area (Å²) in [6.45, 7) is 4.49. The highest BCUT2D eigenvalue weighted by Crippen LogP contribution is 2.31. The van der Waals surface area contributed by atoms with Crippen LogP contribution >= 0.6 is 0 Å². The highest BCUT2D eigenvalue weighted by atomic mass is 16.6. The smallest absolute Gasteiger partial charge is 0.269 e. The Morgan fingerprint density at radius 2 is 1.94 bits per heavy atom. The Balaban J connectivity index is 1.67. The van der Waals surface area contributed by atoms with Gasteiger partial charge < -0.3 is 19.3 Å². The lowest BCUT2D eigenvalue weighted by Gasteiger charge is -2.33. The summed E-state index contributed by atoms with van der Waals surface area (Å²) in [6.07, 6.45) is 4.80. The van der Waals surface area contributed by atoms with E-state index in [1.165, 1.54) is 12.1 Å². The Morgan fingerprint density at radius 3 is 2.53 bits per heavy atom. The van der Waals surface area contributed by atoms with Crippen molar-refractivity contribution in [2.45, 2.75) is 50.9 Å². The van der Waals surface area contributed by atoms with E-state index in [1.54, 1.807) is 19.2 Å². The second-order valence-corrected chi connectivity index (χ2v) is 8.60. The molecule has 0 saturated carbocycles. The first kappa shape index (κ1) is 22.4. The zero-order chi connectivity index (χ0) is 22.7. The summed E-state index contributed by atoms with van der Waals surface area (Å²) in [5, 5.41) is 11.0. The molecule has 0 N–H and O–H groups in total. The van der Waals surface area contributed by atoms with Crippen LogP contribution in [0.3, 0.4) is 0 Å². The number of non-ortho nitro benzene ring substituents is 1. The Hall–Kier alpha value is -2.78. The molecule has 2 aliphatic rings. The van der Waals surface area contributed by atoms with Crippen LogP contribution in [-0.2, 0) is 9.47 Å². The average Bonchev–Trinajstić information content (AvgIpc) is 3.15. The number of nitro groups is 1. The van der Waals surface area contributed by atoms with Crippen LogP contribution in [0.25, 0.3) is 11.4 Å². The van der Waals surface area contributed by atoms with Crippen LogP contribution < -0.4 is 9.80 Å². The van der Waals surface area contributed by atoms with Gasteiger partial charge in [-0.25, -0.2) is 9.97 Å². The monoisotopic (exact) mass is 441 g/mol. The fraction of sp³-hybridized carbons (Fsp3) is 0.565. The molecule has 1 aromatic heterocycles. The summed E-state index contributed by atoms with van der Waals surface area (Å²) in [5.74, 6) is 2.22. The first-order valence-electron chi connectivity index (χ1n) is 11.2. The predicted octanol–water partition coefficient (Wildman–Crippen LogP) is 3.67. The highest BCUT2D eigenvalue weighted by Gasteiger charge is 2.34. The van der Waals surface area contributed by atoms with E-state index in [0.717, 1.165) is 62.5 Å². The van der Waals surface area contributed by atoms with Crippen molar-refractivity contribution in [3.05, 3.63) is 40.4 Å². The summed E-state index contributed by atoms with van der Waals surface area (Å²) in [7, 11) is 3.75. The Morgan fingerprint density at radius 1 is 1.25 bits per heavy atom. The third kappa shape index (κ3) is 4.99. The number of morpholine rings is 1. The zero-order valence-electron chi connectivity index (χ0n) is 18.9. The molecule has 2 fully saturated rings. The molecule has 9 nitrogen and oxygen atoms in total. The van der Waals surface area contributed by atoms with Gasteiger partial charge in [0.25, 0.3) is 5.69 Å². The van der Waals surface area contributed by atoms with E-state index in [9.17, 15) is 10.1 Å². The Kier molecular flexibility index (Phi) is 6.86. The first-order chi connectivity index (χ1) is 15.5. The van der Waals surface area contributed by atoms with Crippen molar-refractivity contribution in [2.75, 3.05) is 43.6 Å². The number of anilines is 2. The molecule has 0 amide bonds. The van der Waals surface area contributed by atoms with Crippen LogP contribution in [0.2, 0.25) is 0 Å². The van der Waals surface area contributed by atoms with Gasteiger partial charge in [0.15, 0.2) is 5.82 Å². The van der Waals surface area contributed by atoms with Crippen LogP contribution in [0, 0.1) is 10.1 Å². The maximum Gasteiger partial charge on any atom is 0.269 e. The van der Waals surface area contributed by atoms with Gasteiger partial charge in [-0.15, -0.1) is 0 Å². The zero-order valence-corrected chi connectivity index (χ0v) is 18.9. The molecule has 0 spiro atoms. The molecule has 2 aliphatic heterocycles. The van der Waals surface area contributed by atoms with Crippen LogP contribution in [0.4, 0.5) is 17.3 Å². The van der Waals surface area contributed by atoms with Crippen LogP contribution in [-0.4, -0.2) is 67.0 Å². The lowest BCUT2D eigenvalue weighted by atomic mass is 10.2. The van der Waals surface area contributed by atoms with Crippen molar-refractivity contribution in [3.8, 4) is 11.4 Å². The van der Waals surface area contributed by atoms with Crippen molar-refractivity contribution in [1.29, 1.82) is 0 Å². The standard InChI is InChI=1S/C23H31N5O4/c1-4-5-18(31-3)13-26(2)21-12-22(27-14-19-10-11-20(15-27)32-19)25-23(24-21)16-6-8-17(9-7-16)28(29)30/h6-9,12,18-20H,4-5,10-11,13-15H2,1-3H3. The maximum absolute atomic E-state index is 11.0. The number of rotatable bonds is 9. The van der Waals surface area contributed by atoms with Gasteiger partial charge in [0, 0.05) is 57.6 Å². The maximum atomic E-state index is 11.0. The van der Waals surface area contributed by atoms with Gasteiger partial charge in [0.2, 0.25) is 0 Å². The topological polar surface area (TPSA) is 93.9 Å². The van der Waals surface area contributed by atoms with Crippen LogP contribution in [0.5, 0.6) is 0 Å². The van der Waals surface area contributed by atoms with Gasteiger partial charge >= 0.3 is 0 Å². The molecule has 2 aromatic rings. The van der Waals surface area contributed by atoms with Crippen molar-refractivity contribution in [2.24, 2.45) is 0 Å². The minimum atomic E-state index is -0.400. The van der Waals surface area contributed by atoms with Crippen molar-refractivity contribution >= 4 is 17.3 Å². The number of aromatic nitrogens is 2. The lowest BCUT2D eigenvalue weighted by Crippen LogP contribution is -2.43. The minimum absolute atomic E-state index is 0.0505. The van der Waals surface area contributed by atoms with Gasteiger partial charge in [-0.05, 0) is 31.4 Å². The number of nitro benzene ring substituents is 1. The van der Waals surface area contributed by atoms with Gasteiger partial charge in [-0.1, -0.05) is 13.3 Å². The van der Waals surface area contributed by atoms with Crippen LogP contribution in [0.15, 0.2) is 30.3 Å². The number of benzene rings is 1. The van der Waals surface area contributed by atoms with E-state index in [2.05, 4.69) is 16.7 Å². The van der Waals surface area contributed by atoms with E-state index in [0.29, 0.717) is 5.82 Å². The molecule has 32 heavy (non-hydrogen) atoms. The molecule has 172 valence electrons. The number of nitrogens with zero attached hydrogens (tertiary/aromatic N) is 5. The molecular formula is C23H31N5O4. The molecular weight excluding hydrogens is 410 g/mol. The third-order valence-corrected chi connectivity index (χ3v) is 6.22. The Labute approximate surface area is 188 Å². The molecule has 9 heteroatoms. The van der Waals surface area contributed by atoms with E-state index >= 15 is 0 Å². The molecule has 3 unspecified atom stereocenters. The largest absolute Gasteiger partial charge is 0.380 e. The fourth-order valence-corrected chi connectivity index (χ4v) is 4.45. The normalized spacial score (nSPS) is 20.9. The van der Waals surface area contributed by atoms with Gasteiger partial charge in [-0.3, -0.25) is 10.1 Å². The summed E-state index contributed by atoms with van der Waals surface area (Å²) < 4.78 is 11.6. The SMILES string of the molecule is CCCC(CN(C)c1cc(N2CC3CCC(C2)O3)nc(-c2ccc([N+](=O)[O-])cc2)n1)OC. The van der Waals surface area contributed by atoms with Gasteiger partial charge in [0.05, 0.1) is 23.2 Å². The highest BCUT2D eigenvalue weighted by molar-refractivity contribution is 5.63. The molecule has 4 rings (SSSR count). The number of likely N-dealkylation sites (N-methyl/N-ethyl adjacent to an activating group) is 1. The van der Waals surface area contributed by atoms with Crippen molar-refractivity contribution in [3.63, 3.8) is 0 Å². The minimum Gasteiger partial charge on any atom is -0.380 e. The number of fused-ring (bicyclic) bond motifs is 2. The van der Waals surface area contributed by atoms with Gasteiger partial charge in [-0.2, -0.15) is 0 Å². The number of hydrogen-bond acceptors (Lipinski definition) is 8.